The Morgan fingerprint density at radius 1 is 1.24 bits per heavy atom. The summed E-state index contributed by atoms with van der Waals surface area (Å²) in [6.45, 7) is 7.25. The van der Waals surface area contributed by atoms with Gasteiger partial charge < -0.3 is 20.3 Å². The van der Waals surface area contributed by atoms with Crippen molar-refractivity contribution in [2.24, 2.45) is 11.1 Å². The Morgan fingerprint density at radius 2 is 1.86 bits per heavy atom. The third kappa shape index (κ3) is 3.29. The summed E-state index contributed by atoms with van der Waals surface area (Å²) >= 11 is 0. The smallest absolute Gasteiger partial charge is 0.229 e. The molecule has 0 spiro atoms. The van der Waals surface area contributed by atoms with Gasteiger partial charge in [-0.2, -0.15) is 0 Å². The van der Waals surface area contributed by atoms with Crippen LogP contribution in [0.4, 0.5) is 5.69 Å². The maximum absolute atomic E-state index is 12.4. The molecule has 2 N–H and O–H groups in total. The van der Waals surface area contributed by atoms with Crippen LogP contribution in [0.2, 0.25) is 0 Å². The standard InChI is InChI=1S/C16H25N3O2/c1-16(2,12-17)15(20)19-10-8-18(9-11-19)13-6-4-5-7-14(13)21-3/h4-7H,8-12,17H2,1-3H3. The van der Waals surface area contributed by atoms with Gasteiger partial charge >= 0.3 is 0 Å². The molecule has 1 aromatic rings. The molecule has 1 amide bonds. The van der Waals surface area contributed by atoms with E-state index in [0.29, 0.717) is 6.54 Å². The Labute approximate surface area is 126 Å². The molecule has 0 saturated carbocycles. The lowest BCUT2D eigenvalue weighted by Gasteiger charge is -2.39. The molecule has 5 nitrogen and oxygen atoms in total. The molecule has 116 valence electrons. The van der Waals surface area contributed by atoms with Gasteiger partial charge in [0.25, 0.3) is 0 Å². The zero-order valence-electron chi connectivity index (χ0n) is 13.1. The summed E-state index contributed by atoms with van der Waals surface area (Å²) in [6.07, 6.45) is 0. The number of amides is 1. The third-order valence-corrected chi connectivity index (χ3v) is 4.08. The molecule has 1 fully saturated rings. The van der Waals surface area contributed by atoms with Crippen LogP contribution in [0.15, 0.2) is 24.3 Å². The maximum atomic E-state index is 12.4. The topological polar surface area (TPSA) is 58.8 Å². The lowest BCUT2D eigenvalue weighted by Crippen LogP contribution is -2.53. The highest BCUT2D eigenvalue weighted by molar-refractivity contribution is 5.82. The first kappa shape index (κ1) is 15.6. The number of nitrogens with two attached hydrogens (primary N) is 1. The lowest BCUT2D eigenvalue weighted by atomic mass is 9.91. The second kappa shape index (κ2) is 6.35. The fourth-order valence-electron chi connectivity index (χ4n) is 2.56. The normalized spacial score (nSPS) is 16.0. The minimum Gasteiger partial charge on any atom is -0.495 e. The van der Waals surface area contributed by atoms with Gasteiger partial charge in [-0.05, 0) is 26.0 Å². The second-order valence-corrected chi connectivity index (χ2v) is 6.04. The second-order valence-electron chi connectivity index (χ2n) is 6.04. The van der Waals surface area contributed by atoms with Gasteiger partial charge in [0, 0.05) is 32.7 Å². The molecule has 0 aliphatic carbocycles. The third-order valence-electron chi connectivity index (χ3n) is 4.08. The molecule has 0 unspecified atom stereocenters. The number of hydrogen-bond acceptors (Lipinski definition) is 4. The van der Waals surface area contributed by atoms with Crippen LogP contribution >= 0.6 is 0 Å². The summed E-state index contributed by atoms with van der Waals surface area (Å²) in [5, 5.41) is 0. The quantitative estimate of drug-likeness (QED) is 0.909. The molecule has 2 rings (SSSR count). The number of hydrogen-bond donors (Lipinski definition) is 1. The fourth-order valence-corrected chi connectivity index (χ4v) is 2.56. The van der Waals surface area contributed by atoms with Gasteiger partial charge in [-0.15, -0.1) is 0 Å². The molecule has 1 aromatic carbocycles. The largest absolute Gasteiger partial charge is 0.495 e. The highest BCUT2D eigenvalue weighted by atomic mass is 16.5. The highest BCUT2D eigenvalue weighted by Crippen LogP contribution is 2.29. The summed E-state index contributed by atoms with van der Waals surface area (Å²) in [5.41, 5.74) is 6.30. The molecule has 1 heterocycles. The first-order valence-corrected chi connectivity index (χ1v) is 7.37. The fraction of sp³-hybridized carbons (Fsp3) is 0.562. The Bertz CT molecular complexity index is 494. The average Bonchev–Trinajstić information content (AvgIpc) is 2.54. The lowest BCUT2D eigenvalue weighted by molar-refractivity contribution is -0.140. The van der Waals surface area contributed by atoms with Crippen LogP contribution in [0.1, 0.15) is 13.8 Å². The first-order chi connectivity index (χ1) is 9.99. The molecule has 5 heteroatoms. The van der Waals surface area contributed by atoms with Gasteiger partial charge in [-0.25, -0.2) is 0 Å². The predicted molar refractivity (Wildman–Crippen MR) is 84.6 cm³/mol. The number of ether oxygens (including phenoxy) is 1. The zero-order chi connectivity index (χ0) is 15.5. The minimum absolute atomic E-state index is 0.143. The van der Waals surface area contributed by atoms with E-state index in [-0.39, 0.29) is 5.91 Å². The number of piperazine rings is 1. The van der Waals surface area contributed by atoms with Crippen molar-refractivity contribution in [1.29, 1.82) is 0 Å². The maximum Gasteiger partial charge on any atom is 0.229 e. The van der Waals surface area contributed by atoms with Crippen LogP contribution in [0, 0.1) is 5.41 Å². The van der Waals surface area contributed by atoms with Crippen LogP contribution < -0.4 is 15.4 Å². The molecule has 0 radical (unpaired) electrons. The first-order valence-electron chi connectivity index (χ1n) is 7.37. The number of rotatable bonds is 4. The molecule has 21 heavy (non-hydrogen) atoms. The van der Waals surface area contributed by atoms with E-state index in [1.54, 1.807) is 7.11 Å². The number of methoxy groups -OCH3 is 1. The number of carbonyl (C=O) groups excluding carboxylic acids is 1. The predicted octanol–water partition coefficient (Wildman–Crippen LogP) is 1.33. The van der Waals surface area contributed by atoms with E-state index in [9.17, 15) is 4.79 Å². The van der Waals surface area contributed by atoms with Crippen molar-refractivity contribution in [2.75, 3.05) is 44.7 Å². The van der Waals surface area contributed by atoms with Crippen molar-refractivity contribution >= 4 is 11.6 Å². The van der Waals surface area contributed by atoms with Gasteiger partial charge in [0.05, 0.1) is 18.2 Å². The van der Waals surface area contributed by atoms with E-state index in [4.69, 9.17) is 10.5 Å². The van der Waals surface area contributed by atoms with E-state index in [2.05, 4.69) is 11.0 Å². The van der Waals surface area contributed by atoms with Crippen molar-refractivity contribution < 1.29 is 9.53 Å². The van der Waals surface area contributed by atoms with E-state index in [1.165, 1.54) is 0 Å². The van der Waals surface area contributed by atoms with Crippen molar-refractivity contribution in [3.05, 3.63) is 24.3 Å². The van der Waals surface area contributed by atoms with Crippen LogP contribution in [0.25, 0.3) is 0 Å². The summed E-state index contributed by atoms with van der Waals surface area (Å²) in [4.78, 5) is 16.6. The average molecular weight is 291 g/mol. The van der Waals surface area contributed by atoms with Gasteiger partial charge in [-0.1, -0.05) is 12.1 Å². The van der Waals surface area contributed by atoms with Crippen LogP contribution in [0.3, 0.4) is 0 Å². The molecular formula is C16H25N3O2. The van der Waals surface area contributed by atoms with Gasteiger partial charge in [0.1, 0.15) is 5.75 Å². The number of benzene rings is 1. The van der Waals surface area contributed by atoms with Crippen LogP contribution in [-0.2, 0) is 4.79 Å². The number of carbonyl (C=O) groups is 1. The monoisotopic (exact) mass is 291 g/mol. The van der Waals surface area contributed by atoms with Gasteiger partial charge in [0.15, 0.2) is 0 Å². The van der Waals surface area contributed by atoms with Crippen molar-refractivity contribution in [3.63, 3.8) is 0 Å². The van der Waals surface area contributed by atoms with Gasteiger partial charge in [-0.3, -0.25) is 4.79 Å². The molecule has 1 saturated heterocycles. The summed E-state index contributed by atoms with van der Waals surface area (Å²) in [5.74, 6) is 1.02. The zero-order valence-corrected chi connectivity index (χ0v) is 13.1. The molecule has 0 aromatic heterocycles. The molecule has 0 atom stereocenters. The Kier molecular flexibility index (Phi) is 4.73. The van der Waals surface area contributed by atoms with E-state index in [1.807, 2.05) is 36.9 Å². The Morgan fingerprint density at radius 3 is 2.43 bits per heavy atom. The summed E-state index contributed by atoms with van der Waals surface area (Å²) in [6, 6.07) is 7.99. The van der Waals surface area contributed by atoms with E-state index >= 15 is 0 Å². The number of nitrogens with zero attached hydrogens (tertiary/aromatic N) is 2. The van der Waals surface area contributed by atoms with Crippen LogP contribution in [0.5, 0.6) is 5.75 Å². The Balaban J connectivity index is 2.02. The van der Waals surface area contributed by atoms with Crippen molar-refractivity contribution in [2.45, 2.75) is 13.8 Å². The molecule has 0 bridgehead atoms. The van der Waals surface area contributed by atoms with Gasteiger partial charge in [0.2, 0.25) is 5.91 Å². The molecule has 1 aliphatic rings. The molecule has 1 aliphatic heterocycles. The van der Waals surface area contributed by atoms with E-state index in [0.717, 1.165) is 37.6 Å². The SMILES string of the molecule is COc1ccccc1N1CCN(C(=O)C(C)(C)CN)CC1. The minimum atomic E-state index is -0.480. The number of para-hydroxylation sites is 2. The summed E-state index contributed by atoms with van der Waals surface area (Å²) < 4.78 is 5.41. The van der Waals surface area contributed by atoms with Crippen molar-refractivity contribution in [1.82, 2.24) is 4.90 Å². The Hall–Kier alpha value is -1.75. The van der Waals surface area contributed by atoms with Crippen LogP contribution in [-0.4, -0.2) is 50.6 Å². The van der Waals surface area contributed by atoms with E-state index < -0.39 is 5.41 Å². The van der Waals surface area contributed by atoms with Crippen molar-refractivity contribution in [3.8, 4) is 5.75 Å². The highest BCUT2D eigenvalue weighted by Gasteiger charge is 2.32. The number of anilines is 1. The summed E-state index contributed by atoms with van der Waals surface area (Å²) in [7, 11) is 1.68. The molecular weight excluding hydrogens is 266 g/mol.